The van der Waals surface area contributed by atoms with Crippen molar-refractivity contribution in [2.24, 2.45) is 11.7 Å². The second kappa shape index (κ2) is 14.1. The van der Waals surface area contributed by atoms with Crippen molar-refractivity contribution >= 4 is 0 Å². The summed E-state index contributed by atoms with van der Waals surface area (Å²) in [4.78, 5) is 11.4. The summed E-state index contributed by atoms with van der Waals surface area (Å²) in [6, 6.07) is 3.39. The van der Waals surface area contributed by atoms with Crippen molar-refractivity contribution in [3.8, 4) is 0 Å². The maximum Gasteiger partial charge on any atom is 0.283 e. The average molecular weight is 474 g/mol. The molecule has 2 aliphatic carbocycles. The van der Waals surface area contributed by atoms with Gasteiger partial charge in [0.2, 0.25) is 0 Å². The highest BCUT2D eigenvalue weighted by Gasteiger charge is 2.24. The Morgan fingerprint density at radius 3 is 2.00 bits per heavy atom. The Hall–Kier alpha value is -2.35. The normalized spacial score (nSPS) is 19.3. The summed E-state index contributed by atoms with van der Waals surface area (Å²) in [5.74, 6) is 0.875. The molecule has 3 aliphatic rings. The van der Waals surface area contributed by atoms with Gasteiger partial charge in [-0.25, -0.2) is 5.06 Å². The van der Waals surface area contributed by atoms with Crippen molar-refractivity contribution in [1.29, 1.82) is 0 Å². The molecule has 4 rings (SSSR count). The molecule has 1 aliphatic heterocycles. The van der Waals surface area contributed by atoms with Crippen molar-refractivity contribution in [2.75, 3.05) is 13.2 Å². The number of hydrogen-bond acceptors (Lipinski definition) is 6. The van der Waals surface area contributed by atoms with E-state index in [0.29, 0.717) is 24.1 Å². The van der Waals surface area contributed by atoms with E-state index in [-0.39, 0.29) is 12.2 Å². The van der Waals surface area contributed by atoms with Gasteiger partial charge in [-0.3, -0.25) is 10.0 Å². The van der Waals surface area contributed by atoms with E-state index < -0.39 is 0 Å². The number of allylic oxidation sites excluding steroid dienone is 4. The first-order valence-electron chi connectivity index (χ1n) is 12.6. The van der Waals surface area contributed by atoms with Crippen LogP contribution in [0.25, 0.3) is 0 Å². The maximum atomic E-state index is 11.4. The predicted molar refractivity (Wildman–Crippen MR) is 136 cm³/mol. The number of hydroxylamine groups is 2. The van der Waals surface area contributed by atoms with E-state index in [9.17, 15) is 15.2 Å². The second-order valence-corrected chi connectivity index (χ2v) is 9.55. The van der Waals surface area contributed by atoms with E-state index in [0.717, 1.165) is 34.5 Å². The monoisotopic (exact) mass is 473 g/mol. The largest absolute Gasteiger partial charge is 0.425 e. The molecule has 0 spiro atoms. The number of nitrogens with zero attached hydrogens (tertiary/aromatic N) is 2. The number of rotatable bonds is 3. The first kappa shape index (κ1) is 27.9. The third-order valence-corrected chi connectivity index (χ3v) is 6.64. The number of aliphatic hydroxyl groups excluding tert-OH is 1. The fourth-order valence-electron chi connectivity index (χ4n) is 4.92. The lowest BCUT2D eigenvalue weighted by Gasteiger charge is -2.32. The molecule has 0 radical (unpaired) electrons. The SMILES string of the molecule is C=C1C=C(C)C=C(C2CCCCC2)N1O.Cc1cc(C2CCCCC2)n(O)c(=O)c1.NCCO. The van der Waals surface area contributed by atoms with Crippen LogP contribution in [0.1, 0.15) is 88.3 Å². The van der Waals surface area contributed by atoms with Crippen LogP contribution in [0, 0.1) is 12.8 Å². The van der Waals surface area contributed by atoms with Gasteiger partial charge < -0.3 is 16.0 Å². The van der Waals surface area contributed by atoms with Crippen LogP contribution in [0.15, 0.2) is 52.6 Å². The van der Waals surface area contributed by atoms with Crippen LogP contribution in [0.3, 0.4) is 0 Å². The van der Waals surface area contributed by atoms with Gasteiger partial charge in [0.15, 0.2) is 0 Å². The van der Waals surface area contributed by atoms with Crippen LogP contribution in [0.2, 0.25) is 0 Å². The minimum Gasteiger partial charge on any atom is -0.425 e. The first-order chi connectivity index (χ1) is 16.3. The van der Waals surface area contributed by atoms with E-state index in [1.54, 1.807) is 0 Å². The van der Waals surface area contributed by atoms with Gasteiger partial charge >= 0.3 is 0 Å². The van der Waals surface area contributed by atoms with E-state index in [2.05, 4.69) is 19.6 Å². The predicted octanol–water partition coefficient (Wildman–Crippen LogP) is 4.99. The second-order valence-electron chi connectivity index (χ2n) is 9.55. The van der Waals surface area contributed by atoms with Crippen LogP contribution in [-0.2, 0) is 0 Å². The number of aromatic nitrogens is 1. The van der Waals surface area contributed by atoms with Crippen molar-refractivity contribution in [3.63, 3.8) is 0 Å². The van der Waals surface area contributed by atoms with E-state index in [1.807, 2.05) is 19.1 Å². The molecule has 190 valence electrons. The Balaban J connectivity index is 0.000000208. The Morgan fingerprint density at radius 1 is 0.941 bits per heavy atom. The minimum atomic E-state index is -0.310. The zero-order valence-electron chi connectivity index (χ0n) is 20.9. The summed E-state index contributed by atoms with van der Waals surface area (Å²) in [7, 11) is 0. The summed E-state index contributed by atoms with van der Waals surface area (Å²) >= 11 is 0. The summed E-state index contributed by atoms with van der Waals surface area (Å²) in [6.45, 7) is 8.27. The smallest absolute Gasteiger partial charge is 0.283 e. The number of pyridine rings is 1. The first-order valence-corrected chi connectivity index (χ1v) is 12.6. The fraction of sp³-hybridized carbons (Fsp3) is 0.593. The van der Waals surface area contributed by atoms with E-state index in [1.165, 1.54) is 68.1 Å². The standard InChI is InChI=1S/C13H19NO.C12H17NO2.C2H7NO/c1-10-8-11(2)14(15)13(9-10)12-6-4-3-5-7-12;1-9-7-11(13(15)12(14)8-9)10-5-3-2-4-6-10;3-1-2-4/h8-9,12,15H,2-7H2,1H3;7-8,10,15H,2-6H2,1H3;4H,1-3H2. The zero-order chi connectivity index (χ0) is 25.1. The summed E-state index contributed by atoms with van der Waals surface area (Å²) in [5.41, 5.74) is 9.11. The number of aryl methyl sites for hydroxylation is 1. The maximum absolute atomic E-state index is 11.4. The molecule has 2 heterocycles. The Labute approximate surface area is 203 Å². The Morgan fingerprint density at radius 2 is 1.47 bits per heavy atom. The molecule has 1 aromatic heterocycles. The van der Waals surface area contributed by atoms with Crippen molar-refractivity contribution in [1.82, 2.24) is 9.79 Å². The van der Waals surface area contributed by atoms with Crippen LogP contribution in [0.5, 0.6) is 0 Å². The highest BCUT2D eigenvalue weighted by Crippen LogP contribution is 2.35. The average Bonchev–Trinajstić information content (AvgIpc) is 2.85. The molecule has 2 saturated carbocycles. The number of aliphatic hydroxyl groups is 1. The summed E-state index contributed by atoms with van der Waals surface area (Å²) in [5, 5.41) is 28.6. The lowest BCUT2D eigenvalue weighted by Crippen LogP contribution is -2.26. The summed E-state index contributed by atoms with van der Waals surface area (Å²) < 4.78 is 0.822. The molecule has 2 fully saturated rings. The number of hydrogen-bond donors (Lipinski definition) is 4. The van der Waals surface area contributed by atoms with Crippen LogP contribution >= 0.6 is 0 Å². The molecule has 0 unspecified atom stereocenters. The van der Waals surface area contributed by atoms with Gasteiger partial charge in [0.05, 0.1) is 18.0 Å². The highest BCUT2D eigenvalue weighted by atomic mass is 16.5. The molecular formula is C27H43N3O4. The van der Waals surface area contributed by atoms with Gasteiger partial charge in [0.25, 0.3) is 5.56 Å². The van der Waals surface area contributed by atoms with Crippen LogP contribution < -0.4 is 11.3 Å². The molecule has 34 heavy (non-hydrogen) atoms. The van der Waals surface area contributed by atoms with Gasteiger partial charge in [-0.1, -0.05) is 45.1 Å². The Bertz CT molecular complexity index is 905. The lowest BCUT2D eigenvalue weighted by molar-refractivity contribution is -0.0290. The minimum absolute atomic E-state index is 0.0972. The molecule has 0 amide bonds. The van der Waals surface area contributed by atoms with Crippen LogP contribution in [-0.4, -0.2) is 38.5 Å². The molecule has 7 nitrogen and oxygen atoms in total. The third kappa shape index (κ3) is 8.15. The van der Waals surface area contributed by atoms with Crippen LogP contribution in [0.4, 0.5) is 0 Å². The molecule has 0 aromatic carbocycles. The van der Waals surface area contributed by atoms with E-state index >= 15 is 0 Å². The van der Waals surface area contributed by atoms with Gasteiger partial charge in [0.1, 0.15) is 0 Å². The lowest BCUT2D eigenvalue weighted by atomic mass is 9.85. The van der Waals surface area contributed by atoms with Crippen molar-refractivity contribution in [3.05, 3.63) is 69.4 Å². The van der Waals surface area contributed by atoms with Gasteiger partial charge in [-0.15, -0.1) is 0 Å². The van der Waals surface area contributed by atoms with Crippen molar-refractivity contribution in [2.45, 2.75) is 84.0 Å². The molecule has 7 heteroatoms. The Kier molecular flexibility index (Phi) is 11.6. The molecule has 0 saturated heterocycles. The quantitative estimate of drug-likeness (QED) is 0.460. The molecule has 5 N–H and O–H groups in total. The molecule has 0 atom stereocenters. The number of nitrogens with two attached hydrogens (primary N) is 1. The van der Waals surface area contributed by atoms with Crippen molar-refractivity contribution < 1.29 is 15.5 Å². The fourth-order valence-corrected chi connectivity index (χ4v) is 4.92. The molecular weight excluding hydrogens is 430 g/mol. The molecule has 0 bridgehead atoms. The van der Waals surface area contributed by atoms with Gasteiger partial charge in [-0.05, 0) is 68.9 Å². The zero-order valence-corrected chi connectivity index (χ0v) is 20.9. The summed E-state index contributed by atoms with van der Waals surface area (Å²) in [6.07, 6.45) is 16.1. The molecule has 1 aromatic rings. The highest BCUT2D eigenvalue weighted by molar-refractivity contribution is 5.36. The van der Waals surface area contributed by atoms with Gasteiger partial charge in [-0.2, -0.15) is 4.73 Å². The van der Waals surface area contributed by atoms with Gasteiger partial charge in [0, 0.05) is 30.1 Å². The topological polar surface area (TPSA) is 112 Å². The third-order valence-electron chi connectivity index (χ3n) is 6.64. The van der Waals surface area contributed by atoms with E-state index in [4.69, 9.17) is 10.8 Å².